The molecule has 1 atom stereocenters. The highest BCUT2D eigenvalue weighted by Crippen LogP contribution is 2.00. The van der Waals surface area contributed by atoms with Crippen LogP contribution in [0.1, 0.15) is 26.2 Å². The lowest BCUT2D eigenvalue weighted by Crippen LogP contribution is -2.34. The number of Topliss-reactive ketones (excluding diaryl/α,β-unsaturated/α-hetero) is 1. The van der Waals surface area contributed by atoms with Gasteiger partial charge < -0.3 is 11.1 Å². The lowest BCUT2D eigenvalue weighted by Gasteiger charge is -2.11. The second-order valence-corrected chi connectivity index (χ2v) is 2.73. The Bertz CT molecular complexity index is 148. The van der Waals surface area contributed by atoms with Gasteiger partial charge in [0.15, 0.2) is 5.78 Å². The molecule has 0 aliphatic carbocycles. The molecule has 0 fully saturated rings. The van der Waals surface area contributed by atoms with Crippen molar-refractivity contribution < 1.29 is 9.59 Å². The Morgan fingerprint density at radius 3 is 2.67 bits per heavy atom. The summed E-state index contributed by atoms with van der Waals surface area (Å²) in [6, 6.07) is -0.325. The maximum atomic E-state index is 10.9. The molecule has 0 saturated carbocycles. The maximum absolute atomic E-state index is 10.9. The minimum absolute atomic E-state index is 0.000813. The molecule has 4 heteroatoms. The fourth-order valence-corrected chi connectivity index (χ4v) is 0.979. The number of carbonyl (C=O) groups is 2. The Labute approximate surface area is 72.5 Å². The first kappa shape index (κ1) is 11.1. The Kier molecular flexibility index (Phi) is 6.28. The van der Waals surface area contributed by atoms with Gasteiger partial charge in [0, 0.05) is 0 Å². The number of nitrogens with one attached hydrogen (secondary N) is 1. The standard InChI is InChI=1S/C8H16N2O2/c1-7(12)8(10-6-11)4-2-3-5-9/h6,8H,2-5,9H2,1H3,(H,10,11). The van der Waals surface area contributed by atoms with Crippen LogP contribution in [0, 0.1) is 0 Å². The predicted octanol–water partition coefficient (Wildman–Crippen LogP) is -0.181. The minimum atomic E-state index is -0.325. The summed E-state index contributed by atoms with van der Waals surface area (Å²) >= 11 is 0. The SMILES string of the molecule is CC(=O)C(CCCCN)NC=O. The van der Waals surface area contributed by atoms with Crippen molar-refractivity contribution >= 4 is 12.2 Å². The van der Waals surface area contributed by atoms with Gasteiger partial charge in [0.25, 0.3) is 0 Å². The van der Waals surface area contributed by atoms with Crippen LogP contribution < -0.4 is 11.1 Å². The van der Waals surface area contributed by atoms with Gasteiger partial charge in [-0.15, -0.1) is 0 Å². The van der Waals surface area contributed by atoms with E-state index in [0.29, 0.717) is 19.4 Å². The van der Waals surface area contributed by atoms with Gasteiger partial charge in [0.05, 0.1) is 6.04 Å². The zero-order chi connectivity index (χ0) is 9.40. The summed E-state index contributed by atoms with van der Waals surface area (Å²) in [5.74, 6) is -0.000813. The van der Waals surface area contributed by atoms with Crippen LogP contribution in [0.5, 0.6) is 0 Å². The van der Waals surface area contributed by atoms with Crippen LogP contribution in [0.25, 0.3) is 0 Å². The molecule has 0 saturated heterocycles. The van der Waals surface area contributed by atoms with Crippen molar-refractivity contribution in [3.63, 3.8) is 0 Å². The van der Waals surface area contributed by atoms with E-state index >= 15 is 0 Å². The lowest BCUT2D eigenvalue weighted by molar-refractivity contribution is -0.122. The van der Waals surface area contributed by atoms with Crippen molar-refractivity contribution in [3.8, 4) is 0 Å². The van der Waals surface area contributed by atoms with Crippen LogP contribution >= 0.6 is 0 Å². The van der Waals surface area contributed by atoms with Crippen molar-refractivity contribution in [2.75, 3.05) is 6.54 Å². The molecular formula is C8H16N2O2. The van der Waals surface area contributed by atoms with Crippen LogP contribution in [0.15, 0.2) is 0 Å². The molecule has 0 aromatic rings. The lowest BCUT2D eigenvalue weighted by atomic mass is 10.1. The monoisotopic (exact) mass is 172 g/mol. The van der Waals surface area contributed by atoms with Gasteiger partial charge in [-0.3, -0.25) is 9.59 Å². The third kappa shape index (κ3) is 4.85. The van der Waals surface area contributed by atoms with Crippen molar-refractivity contribution in [1.82, 2.24) is 5.32 Å². The normalized spacial score (nSPS) is 12.2. The van der Waals surface area contributed by atoms with E-state index in [-0.39, 0.29) is 11.8 Å². The molecule has 0 aromatic heterocycles. The smallest absolute Gasteiger partial charge is 0.207 e. The van der Waals surface area contributed by atoms with E-state index in [1.54, 1.807) is 0 Å². The third-order valence-electron chi connectivity index (χ3n) is 1.71. The molecule has 1 unspecified atom stereocenters. The zero-order valence-corrected chi connectivity index (χ0v) is 7.38. The second-order valence-electron chi connectivity index (χ2n) is 2.73. The fourth-order valence-electron chi connectivity index (χ4n) is 0.979. The summed E-state index contributed by atoms with van der Waals surface area (Å²) in [4.78, 5) is 20.9. The summed E-state index contributed by atoms with van der Waals surface area (Å²) in [6.45, 7) is 2.11. The number of ketones is 1. The van der Waals surface area contributed by atoms with E-state index in [0.717, 1.165) is 12.8 Å². The van der Waals surface area contributed by atoms with Gasteiger partial charge in [0.2, 0.25) is 6.41 Å². The van der Waals surface area contributed by atoms with Gasteiger partial charge in [-0.05, 0) is 32.7 Å². The van der Waals surface area contributed by atoms with Crippen LogP contribution in [0.3, 0.4) is 0 Å². The number of hydrogen-bond acceptors (Lipinski definition) is 3. The Balaban J connectivity index is 3.63. The molecular weight excluding hydrogens is 156 g/mol. The number of hydrogen-bond donors (Lipinski definition) is 2. The van der Waals surface area contributed by atoms with Crippen molar-refractivity contribution in [3.05, 3.63) is 0 Å². The van der Waals surface area contributed by atoms with Gasteiger partial charge >= 0.3 is 0 Å². The van der Waals surface area contributed by atoms with E-state index in [2.05, 4.69) is 5.32 Å². The molecule has 3 N–H and O–H groups in total. The topological polar surface area (TPSA) is 72.2 Å². The molecule has 0 aliphatic heterocycles. The Morgan fingerprint density at radius 2 is 2.25 bits per heavy atom. The number of nitrogens with two attached hydrogens (primary N) is 1. The van der Waals surface area contributed by atoms with E-state index in [9.17, 15) is 9.59 Å². The van der Waals surface area contributed by atoms with Gasteiger partial charge in [-0.25, -0.2) is 0 Å². The first-order valence-electron chi connectivity index (χ1n) is 4.12. The Hall–Kier alpha value is -0.900. The summed E-state index contributed by atoms with van der Waals surface area (Å²) < 4.78 is 0. The third-order valence-corrected chi connectivity index (χ3v) is 1.71. The highest BCUT2D eigenvalue weighted by molar-refractivity contribution is 5.83. The molecule has 0 spiro atoms. The second kappa shape index (κ2) is 6.79. The first-order valence-corrected chi connectivity index (χ1v) is 4.12. The van der Waals surface area contributed by atoms with Gasteiger partial charge in [-0.2, -0.15) is 0 Å². The van der Waals surface area contributed by atoms with Gasteiger partial charge in [-0.1, -0.05) is 0 Å². The van der Waals surface area contributed by atoms with Crippen LogP contribution in [0.2, 0.25) is 0 Å². The van der Waals surface area contributed by atoms with E-state index < -0.39 is 0 Å². The molecule has 70 valence electrons. The average Bonchev–Trinajstić information content (AvgIpc) is 2.03. The minimum Gasteiger partial charge on any atom is -0.349 e. The number of carbonyl (C=O) groups excluding carboxylic acids is 2. The summed E-state index contributed by atoms with van der Waals surface area (Å²) in [5, 5.41) is 2.47. The Morgan fingerprint density at radius 1 is 1.58 bits per heavy atom. The first-order chi connectivity index (χ1) is 5.72. The van der Waals surface area contributed by atoms with Crippen LogP contribution in [-0.2, 0) is 9.59 Å². The molecule has 0 rings (SSSR count). The van der Waals surface area contributed by atoms with Crippen molar-refractivity contribution in [2.45, 2.75) is 32.2 Å². The molecule has 1 amide bonds. The largest absolute Gasteiger partial charge is 0.349 e. The molecule has 0 bridgehead atoms. The summed E-state index contributed by atoms with van der Waals surface area (Å²) in [7, 11) is 0. The van der Waals surface area contributed by atoms with Crippen molar-refractivity contribution in [1.29, 1.82) is 0 Å². The maximum Gasteiger partial charge on any atom is 0.207 e. The van der Waals surface area contributed by atoms with Crippen molar-refractivity contribution in [2.24, 2.45) is 5.73 Å². The average molecular weight is 172 g/mol. The number of unbranched alkanes of at least 4 members (excludes halogenated alkanes) is 1. The molecule has 0 heterocycles. The van der Waals surface area contributed by atoms with Gasteiger partial charge in [0.1, 0.15) is 0 Å². The quantitative estimate of drug-likeness (QED) is 0.413. The molecule has 12 heavy (non-hydrogen) atoms. The zero-order valence-electron chi connectivity index (χ0n) is 7.38. The number of amides is 1. The summed E-state index contributed by atoms with van der Waals surface area (Å²) in [6.07, 6.45) is 3.02. The molecule has 0 radical (unpaired) electrons. The van der Waals surface area contributed by atoms with E-state index in [4.69, 9.17) is 5.73 Å². The highest BCUT2D eigenvalue weighted by atomic mass is 16.1. The number of rotatable bonds is 7. The van der Waals surface area contributed by atoms with E-state index in [1.165, 1.54) is 6.92 Å². The summed E-state index contributed by atoms with van der Waals surface area (Å²) in [5.41, 5.74) is 5.29. The van der Waals surface area contributed by atoms with E-state index in [1.807, 2.05) is 0 Å². The molecule has 4 nitrogen and oxygen atoms in total. The molecule has 0 aromatic carbocycles. The van der Waals surface area contributed by atoms with Crippen LogP contribution in [0.4, 0.5) is 0 Å². The molecule has 0 aliphatic rings. The predicted molar refractivity (Wildman–Crippen MR) is 46.6 cm³/mol. The fraction of sp³-hybridized carbons (Fsp3) is 0.750. The van der Waals surface area contributed by atoms with Crippen LogP contribution in [-0.4, -0.2) is 24.8 Å². The highest BCUT2D eigenvalue weighted by Gasteiger charge is 2.11.